The van der Waals surface area contributed by atoms with Gasteiger partial charge in [-0.2, -0.15) is 0 Å². The van der Waals surface area contributed by atoms with Crippen LogP contribution < -0.4 is 0 Å². The molecule has 0 saturated carbocycles. The molecular formula is C23H50O2Si. The predicted octanol–water partition coefficient (Wildman–Crippen LogP) is 8.25. The van der Waals surface area contributed by atoms with Gasteiger partial charge in [0.15, 0.2) is 0 Å². The number of unbranched alkanes of at least 4 members (excludes halogenated alkanes) is 11. The largest absolute Gasteiger partial charge is 0.394 e. The van der Waals surface area contributed by atoms with Crippen molar-refractivity contribution < 1.29 is 8.85 Å². The molecule has 0 aromatic carbocycles. The quantitative estimate of drug-likeness (QED) is 0.155. The normalized spacial score (nSPS) is 12.2. The Morgan fingerprint density at radius 2 is 1.00 bits per heavy atom. The van der Waals surface area contributed by atoms with E-state index in [0.29, 0.717) is 5.92 Å². The van der Waals surface area contributed by atoms with Crippen molar-refractivity contribution in [3.8, 4) is 0 Å². The van der Waals surface area contributed by atoms with Gasteiger partial charge in [-0.15, -0.1) is 0 Å². The van der Waals surface area contributed by atoms with Crippen molar-refractivity contribution >= 4 is 8.56 Å². The average molecular weight is 387 g/mol. The van der Waals surface area contributed by atoms with Crippen molar-refractivity contribution in [1.82, 2.24) is 0 Å². The Kier molecular flexibility index (Phi) is 18.6. The first-order valence-electron chi connectivity index (χ1n) is 11.9. The molecule has 0 atom stereocenters. The maximum atomic E-state index is 6.32. The van der Waals surface area contributed by atoms with E-state index in [1.807, 2.05) is 0 Å². The highest BCUT2D eigenvalue weighted by molar-refractivity contribution is 6.67. The summed E-state index contributed by atoms with van der Waals surface area (Å²) in [5.41, 5.74) is 0. The summed E-state index contributed by atoms with van der Waals surface area (Å²) in [6, 6.07) is 2.17. The summed E-state index contributed by atoms with van der Waals surface area (Å²) in [4.78, 5) is 0. The molecule has 2 nitrogen and oxygen atoms in total. The van der Waals surface area contributed by atoms with E-state index in [1.54, 1.807) is 0 Å². The molecule has 0 bridgehead atoms. The molecule has 0 saturated heterocycles. The lowest BCUT2D eigenvalue weighted by Gasteiger charge is -2.29. The highest BCUT2D eigenvalue weighted by Crippen LogP contribution is 2.20. The zero-order valence-corrected chi connectivity index (χ0v) is 19.9. The first kappa shape index (κ1) is 26.1. The summed E-state index contributed by atoms with van der Waals surface area (Å²) in [7, 11) is -1.91. The number of hydrogen-bond donors (Lipinski definition) is 0. The first-order chi connectivity index (χ1) is 12.6. The van der Waals surface area contributed by atoms with Crippen molar-refractivity contribution in [1.29, 1.82) is 0 Å². The van der Waals surface area contributed by atoms with Gasteiger partial charge in [0, 0.05) is 13.2 Å². The van der Waals surface area contributed by atoms with Crippen LogP contribution in [0.15, 0.2) is 0 Å². The standard InChI is InChI=1S/C23H50O2Si/c1-6-9-10-11-12-13-14-15-16-17-18-19-21-24-26(7-2,8-3)25-22-20-23(4)5/h23H,6-22H2,1-5H3. The molecule has 26 heavy (non-hydrogen) atoms. The zero-order valence-electron chi connectivity index (χ0n) is 18.9. The van der Waals surface area contributed by atoms with Crippen LogP contribution in [0.1, 0.15) is 118 Å². The topological polar surface area (TPSA) is 18.5 Å². The van der Waals surface area contributed by atoms with E-state index in [2.05, 4.69) is 34.6 Å². The van der Waals surface area contributed by atoms with Gasteiger partial charge in [-0.25, -0.2) is 0 Å². The molecule has 0 aromatic rings. The van der Waals surface area contributed by atoms with Crippen LogP contribution in [0.4, 0.5) is 0 Å². The Balaban J connectivity index is 3.55. The molecule has 0 aliphatic rings. The summed E-state index contributed by atoms with van der Waals surface area (Å²) in [6.45, 7) is 13.1. The lowest BCUT2D eigenvalue weighted by molar-refractivity contribution is 0.159. The Labute approximate surface area is 167 Å². The second kappa shape index (κ2) is 18.5. The van der Waals surface area contributed by atoms with Crippen LogP contribution in [-0.2, 0) is 8.85 Å². The summed E-state index contributed by atoms with van der Waals surface area (Å²) in [5, 5.41) is 0. The highest BCUT2D eigenvalue weighted by Gasteiger charge is 2.33. The molecule has 0 radical (unpaired) electrons. The van der Waals surface area contributed by atoms with Crippen LogP contribution in [0.25, 0.3) is 0 Å². The summed E-state index contributed by atoms with van der Waals surface area (Å²) in [6.07, 6.45) is 17.9. The second-order valence-corrected chi connectivity index (χ2v) is 12.2. The van der Waals surface area contributed by atoms with Crippen molar-refractivity contribution in [3.63, 3.8) is 0 Å². The first-order valence-corrected chi connectivity index (χ1v) is 14.1. The monoisotopic (exact) mass is 386 g/mol. The second-order valence-electron chi connectivity index (χ2n) is 8.39. The minimum Gasteiger partial charge on any atom is -0.394 e. The molecule has 158 valence electrons. The van der Waals surface area contributed by atoms with Gasteiger partial charge in [-0.1, -0.05) is 105 Å². The Morgan fingerprint density at radius 1 is 0.577 bits per heavy atom. The van der Waals surface area contributed by atoms with Gasteiger partial charge in [0.05, 0.1) is 0 Å². The molecule has 0 rings (SSSR count). The highest BCUT2D eigenvalue weighted by atomic mass is 28.4. The van der Waals surface area contributed by atoms with Crippen LogP contribution in [0.5, 0.6) is 0 Å². The molecule has 0 fully saturated rings. The van der Waals surface area contributed by atoms with Crippen LogP contribution in [0, 0.1) is 5.92 Å². The minimum absolute atomic E-state index is 0.715. The maximum Gasteiger partial charge on any atom is 0.337 e. The van der Waals surface area contributed by atoms with Crippen LogP contribution >= 0.6 is 0 Å². The smallest absolute Gasteiger partial charge is 0.337 e. The summed E-state index contributed by atoms with van der Waals surface area (Å²) >= 11 is 0. The third kappa shape index (κ3) is 15.2. The van der Waals surface area contributed by atoms with E-state index in [0.717, 1.165) is 31.7 Å². The Morgan fingerprint density at radius 3 is 1.42 bits per heavy atom. The zero-order chi connectivity index (χ0) is 19.5. The van der Waals surface area contributed by atoms with Gasteiger partial charge in [-0.3, -0.25) is 0 Å². The van der Waals surface area contributed by atoms with Gasteiger partial charge in [-0.05, 0) is 30.8 Å². The van der Waals surface area contributed by atoms with Crippen LogP contribution in [-0.4, -0.2) is 21.8 Å². The molecule has 0 N–H and O–H groups in total. The number of rotatable bonds is 20. The summed E-state index contributed by atoms with van der Waals surface area (Å²) < 4.78 is 12.6. The Hall–Kier alpha value is 0.137. The van der Waals surface area contributed by atoms with E-state index in [9.17, 15) is 0 Å². The Bertz CT molecular complexity index is 277. The van der Waals surface area contributed by atoms with Crippen LogP contribution in [0.3, 0.4) is 0 Å². The van der Waals surface area contributed by atoms with E-state index >= 15 is 0 Å². The molecule has 0 aliphatic carbocycles. The molecule has 0 unspecified atom stereocenters. The van der Waals surface area contributed by atoms with E-state index in [-0.39, 0.29) is 0 Å². The molecule has 0 aliphatic heterocycles. The summed E-state index contributed by atoms with van der Waals surface area (Å²) in [5.74, 6) is 0.715. The van der Waals surface area contributed by atoms with Crippen molar-refractivity contribution in [2.45, 2.75) is 130 Å². The lowest BCUT2D eigenvalue weighted by atomic mass is 10.1. The third-order valence-corrected chi connectivity index (χ3v) is 9.12. The lowest BCUT2D eigenvalue weighted by Crippen LogP contribution is -2.41. The molecule has 0 amide bonds. The van der Waals surface area contributed by atoms with E-state index in [4.69, 9.17) is 8.85 Å². The molecule has 0 aromatic heterocycles. The fraction of sp³-hybridized carbons (Fsp3) is 1.00. The van der Waals surface area contributed by atoms with Crippen molar-refractivity contribution in [3.05, 3.63) is 0 Å². The SMILES string of the molecule is CCCCCCCCCCCCCCO[Si](CC)(CC)OCCC(C)C. The van der Waals surface area contributed by atoms with E-state index < -0.39 is 8.56 Å². The van der Waals surface area contributed by atoms with Gasteiger partial charge in [0.2, 0.25) is 0 Å². The molecule has 0 heterocycles. The maximum absolute atomic E-state index is 6.32. The van der Waals surface area contributed by atoms with Crippen LogP contribution in [0.2, 0.25) is 12.1 Å². The molecule has 0 spiro atoms. The average Bonchev–Trinajstić information content (AvgIpc) is 2.64. The van der Waals surface area contributed by atoms with E-state index in [1.165, 1.54) is 77.0 Å². The van der Waals surface area contributed by atoms with Crippen molar-refractivity contribution in [2.24, 2.45) is 5.92 Å². The molecule has 3 heteroatoms. The van der Waals surface area contributed by atoms with Gasteiger partial charge in [0.25, 0.3) is 0 Å². The fourth-order valence-corrected chi connectivity index (χ4v) is 5.79. The number of hydrogen-bond acceptors (Lipinski definition) is 2. The van der Waals surface area contributed by atoms with Gasteiger partial charge < -0.3 is 8.85 Å². The fourth-order valence-electron chi connectivity index (χ4n) is 3.38. The minimum atomic E-state index is -1.91. The third-order valence-electron chi connectivity index (χ3n) is 5.50. The predicted molar refractivity (Wildman–Crippen MR) is 119 cm³/mol. The van der Waals surface area contributed by atoms with Crippen molar-refractivity contribution in [2.75, 3.05) is 13.2 Å². The van der Waals surface area contributed by atoms with Gasteiger partial charge >= 0.3 is 8.56 Å². The van der Waals surface area contributed by atoms with Gasteiger partial charge in [0.1, 0.15) is 0 Å². The molecular weight excluding hydrogens is 336 g/mol.